The molecule has 2 unspecified atom stereocenters. The highest BCUT2D eigenvalue weighted by atomic mass is 31.1. The van der Waals surface area contributed by atoms with Crippen LogP contribution >= 0.6 is 8.58 Å². The molecule has 0 saturated heterocycles. The van der Waals surface area contributed by atoms with Gasteiger partial charge < -0.3 is 9.47 Å². The lowest BCUT2D eigenvalue weighted by Crippen LogP contribution is -2.26. The quantitative estimate of drug-likeness (QED) is 0.124. The summed E-state index contributed by atoms with van der Waals surface area (Å²) in [6.07, 6.45) is 4.04. The number of ether oxygens (including phenoxy) is 2. The normalized spacial score (nSPS) is 13.1. The first-order valence-corrected chi connectivity index (χ1v) is 14.6. The van der Waals surface area contributed by atoms with E-state index >= 15 is 4.39 Å². The molecule has 0 aliphatic heterocycles. The monoisotopic (exact) mass is 546 g/mol. The third kappa shape index (κ3) is 7.32. The van der Waals surface area contributed by atoms with E-state index in [9.17, 15) is 4.39 Å². The van der Waals surface area contributed by atoms with Crippen molar-refractivity contribution in [1.82, 2.24) is 0 Å². The van der Waals surface area contributed by atoms with Gasteiger partial charge in [-0.15, -0.1) is 0 Å². The van der Waals surface area contributed by atoms with Gasteiger partial charge in [-0.1, -0.05) is 102 Å². The molecule has 0 bridgehead atoms. The lowest BCUT2D eigenvalue weighted by molar-refractivity contribution is 0.0492. The zero-order valence-electron chi connectivity index (χ0n) is 23.0. The van der Waals surface area contributed by atoms with E-state index < -0.39 is 11.6 Å². The van der Waals surface area contributed by atoms with Crippen LogP contribution in [0.1, 0.15) is 60.9 Å². The van der Waals surface area contributed by atoms with Crippen molar-refractivity contribution in [1.29, 1.82) is 0 Å². The molecule has 5 heteroatoms. The Morgan fingerprint density at radius 3 is 2.03 bits per heavy atom. The lowest BCUT2D eigenvalue weighted by atomic mass is 9.85. The zero-order chi connectivity index (χ0) is 27.7. The molecule has 0 radical (unpaired) electrons. The number of halogens is 2. The van der Waals surface area contributed by atoms with Gasteiger partial charge in [0.15, 0.2) is 6.79 Å². The molecule has 0 aliphatic rings. The SMILES string of the molecule is CCCC(CC)(Pc1ccc(F)cc1F)c1cc(Cc2ccccc2)cc(Cc2ccccc2)c1OCOC. The van der Waals surface area contributed by atoms with E-state index in [1.807, 2.05) is 24.3 Å². The van der Waals surface area contributed by atoms with E-state index in [0.29, 0.717) is 11.7 Å². The van der Waals surface area contributed by atoms with Gasteiger partial charge in [0.2, 0.25) is 0 Å². The van der Waals surface area contributed by atoms with Gasteiger partial charge in [0, 0.05) is 35.6 Å². The van der Waals surface area contributed by atoms with Crippen LogP contribution in [0, 0.1) is 11.6 Å². The van der Waals surface area contributed by atoms with Crippen LogP contribution in [-0.2, 0) is 22.7 Å². The average molecular weight is 547 g/mol. The van der Waals surface area contributed by atoms with Crippen LogP contribution in [0.25, 0.3) is 0 Å². The van der Waals surface area contributed by atoms with Crippen molar-refractivity contribution in [2.24, 2.45) is 0 Å². The molecule has 2 atom stereocenters. The third-order valence-corrected chi connectivity index (χ3v) is 9.16. The first-order valence-electron chi connectivity index (χ1n) is 13.6. The van der Waals surface area contributed by atoms with Crippen LogP contribution < -0.4 is 10.0 Å². The van der Waals surface area contributed by atoms with E-state index in [1.165, 1.54) is 22.8 Å². The number of hydrogen-bond donors (Lipinski definition) is 0. The van der Waals surface area contributed by atoms with Gasteiger partial charge in [0.25, 0.3) is 0 Å². The molecule has 0 N–H and O–H groups in total. The molecule has 4 aromatic rings. The van der Waals surface area contributed by atoms with Gasteiger partial charge in [-0.2, -0.15) is 0 Å². The fraction of sp³-hybridized carbons (Fsp3) is 0.294. The minimum Gasteiger partial charge on any atom is -0.467 e. The molecule has 0 aliphatic carbocycles. The molecule has 0 amide bonds. The average Bonchev–Trinajstić information content (AvgIpc) is 2.94. The van der Waals surface area contributed by atoms with Crippen LogP contribution in [0.5, 0.6) is 5.75 Å². The second-order valence-electron chi connectivity index (χ2n) is 9.94. The van der Waals surface area contributed by atoms with Crippen LogP contribution in [0.15, 0.2) is 91.0 Å². The molecule has 0 aromatic heterocycles. The van der Waals surface area contributed by atoms with Crippen molar-refractivity contribution in [3.63, 3.8) is 0 Å². The summed E-state index contributed by atoms with van der Waals surface area (Å²) < 4.78 is 40.5. The Kier molecular flexibility index (Phi) is 10.3. The van der Waals surface area contributed by atoms with Crippen LogP contribution in [0.4, 0.5) is 8.78 Å². The maximum Gasteiger partial charge on any atom is 0.188 e. The Balaban J connectivity index is 1.92. The fourth-order valence-corrected chi connectivity index (χ4v) is 7.02. The number of benzene rings is 4. The molecule has 204 valence electrons. The van der Waals surface area contributed by atoms with Crippen LogP contribution in [0.2, 0.25) is 0 Å². The van der Waals surface area contributed by atoms with Gasteiger partial charge in [-0.25, -0.2) is 8.78 Å². The van der Waals surface area contributed by atoms with E-state index in [4.69, 9.17) is 9.47 Å². The summed E-state index contributed by atoms with van der Waals surface area (Å²) in [6, 6.07) is 29.2. The highest BCUT2D eigenvalue weighted by Gasteiger charge is 2.35. The number of hydrogen-bond acceptors (Lipinski definition) is 2. The molecular weight excluding hydrogens is 509 g/mol. The van der Waals surface area contributed by atoms with Crippen LogP contribution in [0.3, 0.4) is 0 Å². The van der Waals surface area contributed by atoms with Crippen LogP contribution in [-0.4, -0.2) is 13.9 Å². The number of rotatable bonds is 13. The zero-order valence-corrected chi connectivity index (χ0v) is 24.0. The standard InChI is InChI=1S/C34H37F2O2P/c1-4-18-34(5-2,39-32-17-16-29(35)23-31(32)36)30-22-27(19-25-12-8-6-9-13-25)21-28(33(30)38-24-37-3)20-26-14-10-7-11-15-26/h6-17,21-23,39H,4-5,18-20,24H2,1-3H3. The summed E-state index contributed by atoms with van der Waals surface area (Å²) in [6.45, 7) is 4.43. The second kappa shape index (κ2) is 13.8. The number of methoxy groups -OCH3 is 1. The predicted molar refractivity (Wildman–Crippen MR) is 159 cm³/mol. The smallest absolute Gasteiger partial charge is 0.188 e. The first-order chi connectivity index (χ1) is 19.0. The summed E-state index contributed by atoms with van der Waals surface area (Å²) in [7, 11) is 1.73. The van der Waals surface area contributed by atoms with Gasteiger partial charge in [-0.05, 0) is 53.6 Å². The lowest BCUT2D eigenvalue weighted by Gasteiger charge is -2.36. The minimum absolute atomic E-state index is 0.113. The molecular formula is C34H37F2O2P. The van der Waals surface area contributed by atoms with Crippen molar-refractivity contribution in [2.75, 3.05) is 13.9 Å². The Morgan fingerprint density at radius 1 is 0.769 bits per heavy atom. The van der Waals surface area contributed by atoms with Crippen molar-refractivity contribution in [3.05, 3.63) is 130 Å². The summed E-state index contributed by atoms with van der Waals surface area (Å²) in [5.41, 5.74) is 5.76. The van der Waals surface area contributed by atoms with Gasteiger partial charge in [0.1, 0.15) is 17.4 Å². The Labute approximate surface area is 233 Å². The molecule has 4 aromatic carbocycles. The molecule has 39 heavy (non-hydrogen) atoms. The molecule has 0 heterocycles. The Bertz CT molecular complexity index is 1340. The fourth-order valence-electron chi connectivity index (χ4n) is 5.27. The van der Waals surface area contributed by atoms with E-state index in [-0.39, 0.29) is 20.5 Å². The van der Waals surface area contributed by atoms with E-state index in [1.54, 1.807) is 13.2 Å². The maximum absolute atomic E-state index is 15.0. The molecule has 2 nitrogen and oxygen atoms in total. The van der Waals surface area contributed by atoms with Crippen molar-refractivity contribution >= 4 is 13.9 Å². The highest BCUT2D eigenvalue weighted by molar-refractivity contribution is 7.48. The maximum atomic E-state index is 15.0. The van der Waals surface area contributed by atoms with Gasteiger partial charge >= 0.3 is 0 Å². The Morgan fingerprint density at radius 2 is 1.44 bits per heavy atom. The highest BCUT2D eigenvalue weighted by Crippen LogP contribution is 2.52. The summed E-state index contributed by atoms with van der Waals surface area (Å²) >= 11 is 0. The molecule has 0 saturated carbocycles. The second-order valence-corrected chi connectivity index (χ2v) is 11.7. The third-order valence-electron chi connectivity index (χ3n) is 7.14. The molecule has 0 fully saturated rings. The molecule has 0 spiro atoms. The topological polar surface area (TPSA) is 18.5 Å². The van der Waals surface area contributed by atoms with Crippen molar-refractivity contribution in [3.8, 4) is 5.75 Å². The van der Waals surface area contributed by atoms with E-state index in [2.05, 4.69) is 62.4 Å². The Hall–Kier alpha value is -3.07. The summed E-state index contributed by atoms with van der Waals surface area (Å²) in [5, 5.41) is 0.164. The molecule has 4 rings (SSSR count). The van der Waals surface area contributed by atoms with Crippen molar-refractivity contribution in [2.45, 2.75) is 51.1 Å². The summed E-state index contributed by atoms with van der Waals surface area (Å²) in [5.74, 6) is -0.243. The predicted octanol–water partition coefficient (Wildman–Crippen LogP) is 8.54. The summed E-state index contributed by atoms with van der Waals surface area (Å²) in [4.78, 5) is 0. The van der Waals surface area contributed by atoms with E-state index in [0.717, 1.165) is 48.6 Å². The van der Waals surface area contributed by atoms with Gasteiger partial charge in [-0.3, -0.25) is 0 Å². The first kappa shape index (κ1) is 28.9. The van der Waals surface area contributed by atoms with Crippen molar-refractivity contribution < 1.29 is 18.3 Å². The minimum atomic E-state index is -0.558. The van der Waals surface area contributed by atoms with Gasteiger partial charge in [0.05, 0.1) is 0 Å². The largest absolute Gasteiger partial charge is 0.467 e.